The fourth-order valence-electron chi connectivity index (χ4n) is 1.09. The summed E-state index contributed by atoms with van der Waals surface area (Å²) in [6.45, 7) is 2.52. The summed E-state index contributed by atoms with van der Waals surface area (Å²) in [4.78, 5) is 11.6. The van der Waals surface area contributed by atoms with Crippen LogP contribution in [0, 0.1) is 11.7 Å². The van der Waals surface area contributed by atoms with Gasteiger partial charge in [-0.15, -0.1) is 0 Å². The average Bonchev–Trinajstić information content (AvgIpc) is 2.25. The second-order valence-corrected chi connectivity index (χ2v) is 5.16. The maximum absolute atomic E-state index is 13.4. The molecule has 0 aromatic heterocycles. The Balaban J connectivity index is 2.66. The number of halogens is 3. The van der Waals surface area contributed by atoms with Crippen molar-refractivity contribution in [1.82, 2.24) is 5.32 Å². The molecule has 1 amide bonds. The number of hydrogen-bond donors (Lipinski definition) is 1. The highest BCUT2D eigenvalue weighted by Crippen LogP contribution is 2.15. The van der Waals surface area contributed by atoms with Gasteiger partial charge in [-0.05, 0) is 24.1 Å². The van der Waals surface area contributed by atoms with Crippen molar-refractivity contribution in [2.24, 2.45) is 5.92 Å². The lowest BCUT2D eigenvalue weighted by Gasteiger charge is -2.10. The maximum atomic E-state index is 13.4. The quantitative estimate of drug-likeness (QED) is 0.827. The van der Waals surface area contributed by atoms with Gasteiger partial charge < -0.3 is 5.32 Å². The molecular formula is C11H12Br2FNO. The summed E-state index contributed by atoms with van der Waals surface area (Å²) in [5.41, 5.74) is 0.0740. The summed E-state index contributed by atoms with van der Waals surface area (Å²) >= 11 is 6.45. The fraction of sp³-hybridized carbons (Fsp3) is 0.364. The van der Waals surface area contributed by atoms with Gasteiger partial charge in [0.2, 0.25) is 0 Å². The zero-order chi connectivity index (χ0) is 12.1. The highest BCUT2D eigenvalue weighted by molar-refractivity contribution is 9.10. The van der Waals surface area contributed by atoms with Crippen LogP contribution in [0.3, 0.4) is 0 Å². The molecule has 0 saturated carbocycles. The molecule has 0 aliphatic carbocycles. The Morgan fingerprint density at radius 1 is 1.56 bits per heavy atom. The number of amides is 1. The molecule has 1 aromatic carbocycles. The van der Waals surface area contributed by atoms with Gasteiger partial charge in [-0.3, -0.25) is 4.79 Å². The Morgan fingerprint density at radius 2 is 2.25 bits per heavy atom. The molecule has 0 heterocycles. The zero-order valence-corrected chi connectivity index (χ0v) is 11.9. The summed E-state index contributed by atoms with van der Waals surface area (Å²) in [7, 11) is 0. The van der Waals surface area contributed by atoms with Gasteiger partial charge in [0.1, 0.15) is 5.82 Å². The van der Waals surface area contributed by atoms with Gasteiger partial charge in [-0.2, -0.15) is 0 Å². The van der Waals surface area contributed by atoms with Gasteiger partial charge in [0.25, 0.3) is 5.91 Å². The third-order valence-electron chi connectivity index (χ3n) is 2.05. The van der Waals surface area contributed by atoms with Gasteiger partial charge in [-0.1, -0.05) is 38.8 Å². The molecule has 0 radical (unpaired) electrons. The first-order chi connectivity index (χ1) is 7.54. The van der Waals surface area contributed by atoms with Crippen LogP contribution in [-0.4, -0.2) is 17.8 Å². The van der Waals surface area contributed by atoms with Crippen molar-refractivity contribution in [2.75, 3.05) is 11.9 Å². The van der Waals surface area contributed by atoms with E-state index in [4.69, 9.17) is 0 Å². The van der Waals surface area contributed by atoms with Crippen molar-refractivity contribution in [3.05, 3.63) is 34.1 Å². The summed E-state index contributed by atoms with van der Waals surface area (Å²) in [5.74, 6) is -0.571. The molecule has 0 bridgehead atoms. The molecule has 0 spiro atoms. The molecule has 5 heteroatoms. The van der Waals surface area contributed by atoms with E-state index in [-0.39, 0.29) is 11.5 Å². The Morgan fingerprint density at radius 3 is 2.81 bits per heavy atom. The van der Waals surface area contributed by atoms with E-state index in [0.29, 0.717) is 16.9 Å². The topological polar surface area (TPSA) is 29.1 Å². The Hall–Kier alpha value is -0.420. The van der Waals surface area contributed by atoms with Crippen LogP contribution in [0.25, 0.3) is 0 Å². The molecule has 1 atom stereocenters. The molecule has 0 saturated heterocycles. The Bertz CT molecular complexity index is 384. The SMILES string of the molecule is CC(CBr)CNC(=O)c1ccc(Br)cc1F. The number of rotatable bonds is 4. The monoisotopic (exact) mass is 351 g/mol. The van der Waals surface area contributed by atoms with Crippen LogP contribution < -0.4 is 5.32 Å². The van der Waals surface area contributed by atoms with Crippen molar-refractivity contribution in [3.8, 4) is 0 Å². The number of alkyl halides is 1. The third-order valence-corrected chi connectivity index (χ3v) is 3.65. The molecule has 1 N–H and O–H groups in total. The van der Waals surface area contributed by atoms with Crippen LogP contribution in [0.5, 0.6) is 0 Å². The van der Waals surface area contributed by atoms with E-state index in [0.717, 1.165) is 5.33 Å². The molecular weight excluding hydrogens is 341 g/mol. The van der Waals surface area contributed by atoms with Gasteiger partial charge >= 0.3 is 0 Å². The van der Waals surface area contributed by atoms with E-state index in [1.807, 2.05) is 6.92 Å². The van der Waals surface area contributed by atoms with Crippen LogP contribution in [0.15, 0.2) is 22.7 Å². The lowest BCUT2D eigenvalue weighted by molar-refractivity contribution is 0.0945. The lowest BCUT2D eigenvalue weighted by atomic mass is 10.2. The molecule has 0 fully saturated rings. The van der Waals surface area contributed by atoms with Crippen molar-refractivity contribution in [1.29, 1.82) is 0 Å². The molecule has 0 aliphatic heterocycles. The number of hydrogen-bond acceptors (Lipinski definition) is 1. The first-order valence-corrected chi connectivity index (χ1v) is 6.75. The van der Waals surface area contributed by atoms with E-state index >= 15 is 0 Å². The minimum atomic E-state index is -0.515. The molecule has 1 unspecified atom stereocenters. The van der Waals surface area contributed by atoms with Crippen molar-refractivity contribution >= 4 is 37.8 Å². The van der Waals surface area contributed by atoms with Crippen molar-refractivity contribution in [2.45, 2.75) is 6.92 Å². The fourth-order valence-corrected chi connectivity index (χ4v) is 1.65. The van der Waals surface area contributed by atoms with E-state index in [9.17, 15) is 9.18 Å². The van der Waals surface area contributed by atoms with Crippen LogP contribution >= 0.6 is 31.9 Å². The minimum absolute atomic E-state index is 0.0740. The van der Waals surface area contributed by atoms with Crippen molar-refractivity contribution in [3.63, 3.8) is 0 Å². The second-order valence-electron chi connectivity index (χ2n) is 3.59. The smallest absolute Gasteiger partial charge is 0.254 e. The Labute approximate surface area is 111 Å². The summed E-state index contributed by atoms with van der Waals surface area (Å²) in [5, 5.41) is 3.49. The summed E-state index contributed by atoms with van der Waals surface area (Å²) in [6, 6.07) is 4.39. The summed E-state index contributed by atoms with van der Waals surface area (Å²) < 4.78 is 14.0. The van der Waals surface area contributed by atoms with Gasteiger partial charge in [-0.25, -0.2) is 4.39 Å². The van der Waals surface area contributed by atoms with Crippen LogP contribution in [-0.2, 0) is 0 Å². The molecule has 88 valence electrons. The van der Waals surface area contributed by atoms with Gasteiger partial charge in [0.15, 0.2) is 0 Å². The predicted molar refractivity (Wildman–Crippen MR) is 69.4 cm³/mol. The van der Waals surface area contributed by atoms with Gasteiger partial charge in [0.05, 0.1) is 5.56 Å². The minimum Gasteiger partial charge on any atom is -0.352 e. The predicted octanol–water partition coefficient (Wildman–Crippen LogP) is 3.35. The molecule has 16 heavy (non-hydrogen) atoms. The third kappa shape index (κ3) is 3.87. The number of carbonyl (C=O) groups is 1. The van der Waals surface area contributed by atoms with Crippen molar-refractivity contribution < 1.29 is 9.18 Å². The van der Waals surface area contributed by atoms with Crippen LogP contribution in [0.4, 0.5) is 4.39 Å². The number of benzene rings is 1. The lowest BCUT2D eigenvalue weighted by Crippen LogP contribution is -2.29. The molecule has 2 nitrogen and oxygen atoms in total. The van der Waals surface area contributed by atoms with Crippen LogP contribution in [0.1, 0.15) is 17.3 Å². The van der Waals surface area contributed by atoms with Gasteiger partial charge in [0, 0.05) is 16.3 Å². The first-order valence-electron chi connectivity index (χ1n) is 4.83. The normalized spacial score (nSPS) is 12.2. The highest BCUT2D eigenvalue weighted by Gasteiger charge is 2.12. The molecule has 1 rings (SSSR count). The number of carbonyl (C=O) groups excluding carboxylic acids is 1. The Kier molecular flexibility index (Phi) is 5.41. The largest absolute Gasteiger partial charge is 0.352 e. The average molecular weight is 353 g/mol. The maximum Gasteiger partial charge on any atom is 0.254 e. The first kappa shape index (κ1) is 13.6. The van der Waals surface area contributed by atoms with E-state index < -0.39 is 5.82 Å². The second kappa shape index (κ2) is 6.35. The van der Waals surface area contributed by atoms with E-state index in [1.165, 1.54) is 12.1 Å². The van der Waals surface area contributed by atoms with E-state index in [1.54, 1.807) is 6.07 Å². The molecule has 1 aromatic rings. The zero-order valence-electron chi connectivity index (χ0n) is 8.77. The highest BCUT2D eigenvalue weighted by atomic mass is 79.9. The molecule has 0 aliphatic rings. The van der Waals surface area contributed by atoms with Crippen LogP contribution in [0.2, 0.25) is 0 Å². The standard InChI is InChI=1S/C11H12Br2FNO/c1-7(5-12)6-15-11(16)9-3-2-8(13)4-10(9)14/h2-4,7H,5-6H2,1H3,(H,15,16). The number of nitrogens with one attached hydrogen (secondary N) is 1. The summed E-state index contributed by atoms with van der Waals surface area (Å²) in [6.07, 6.45) is 0. The van der Waals surface area contributed by atoms with E-state index in [2.05, 4.69) is 37.2 Å².